The number of fused-ring (bicyclic) bond motifs is 2. The standard InChI is InChI=1S/C20H28BrNO/c1-11-12(2)15(10-16(21)13(11)3)18(23)22-17-9-14-7-8-20(17,6)19(14,4)5/h10,14,17H,7-9H2,1-6H3,(H,22,23). The lowest BCUT2D eigenvalue weighted by Gasteiger charge is -2.39. The minimum Gasteiger partial charge on any atom is -0.349 e. The van der Waals surface area contributed by atoms with E-state index in [1.54, 1.807) is 0 Å². The van der Waals surface area contributed by atoms with Gasteiger partial charge in [0.15, 0.2) is 0 Å². The number of nitrogens with one attached hydrogen (secondary N) is 1. The summed E-state index contributed by atoms with van der Waals surface area (Å²) in [6.07, 6.45) is 3.66. The molecule has 2 aliphatic rings. The second-order valence-electron chi connectivity index (χ2n) is 8.42. The van der Waals surface area contributed by atoms with Gasteiger partial charge in [0, 0.05) is 16.1 Å². The van der Waals surface area contributed by atoms with Crippen molar-refractivity contribution in [3.05, 3.63) is 32.8 Å². The lowest BCUT2D eigenvalue weighted by Crippen LogP contribution is -2.47. The van der Waals surface area contributed by atoms with E-state index in [1.165, 1.54) is 24.0 Å². The SMILES string of the molecule is Cc1c(Br)cc(C(=O)NC2CC3CCC2(C)C3(C)C)c(C)c1C. The fraction of sp³-hybridized carbons (Fsp3) is 0.650. The molecule has 0 radical (unpaired) electrons. The van der Waals surface area contributed by atoms with Crippen LogP contribution in [0.3, 0.4) is 0 Å². The molecule has 3 unspecified atom stereocenters. The number of hydrogen-bond acceptors (Lipinski definition) is 1. The second-order valence-corrected chi connectivity index (χ2v) is 9.27. The van der Waals surface area contributed by atoms with E-state index in [2.05, 4.69) is 62.8 Å². The van der Waals surface area contributed by atoms with Crippen LogP contribution in [0.15, 0.2) is 10.5 Å². The predicted octanol–water partition coefficient (Wildman–Crippen LogP) is 5.32. The van der Waals surface area contributed by atoms with Crippen LogP contribution in [0, 0.1) is 37.5 Å². The molecule has 1 amide bonds. The normalized spacial score (nSPS) is 31.4. The van der Waals surface area contributed by atoms with E-state index in [0.29, 0.717) is 11.5 Å². The molecule has 0 heterocycles. The molecule has 2 nitrogen and oxygen atoms in total. The second kappa shape index (κ2) is 5.34. The molecule has 23 heavy (non-hydrogen) atoms. The molecule has 3 rings (SSSR count). The zero-order chi connectivity index (χ0) is 17.2. The Kier molecular flexibility index (Phi) is 3.95. The Hall–Kier alpha value is -0.830. The van der Waals surface area contributed by atoms with Crippen molar-refractivity contribution in [2.24, 2.45) is 16.7 Å². The van der Waals surface area contributed by atoms with Gasteiger partial charge in [-0.3, -0.25) is 4.79 Å². The highest BCUT2D eigenvalue weighted by Gasteiger charge is 2.61. The Morgan fingerprint density at radius 2 is 1.83 bits per heavy atom. The molecule has 3 atom stereocenters. The molecule has 2 saturated carbocycles. The molecule has 0 saturated heterocycles. The molecule has 2 bridgehead atoms. The summed E-state index contributed by atoms with van der Waals surface area (Å²) in [6.45, 7) is 13.4. The van der Waals surface area contributed by atoms with E-state index in [1.807, 2.05) is 6.07 Å². The fourth-order valence-electron chi connectivity index (χ4n) is 4.90. The summed E-state index contributed by atoms with van der Waals surface area (Å²) in [5.41, 5.74) is 4.86. The first-order chi connectivity index (χ1) is 10.6. The number of amides is 1. The van der Waals surface area contributed by atoms with Gasteiger partial charge in [0.2, 0.25) is 0 Å². The van der Waals surface area contributed by atoms with Crippen LogP contribution in [0.25, 0.3) is 0 Å². The highest BCUT2D eigenvalue weighted by atomic mass is 79.9. The van der Waals surface area contributed by atoms with Crippen LogP contribution < -0.4 is 5.32 Å². The molecular weight excluding hydrogens is 350 g/mol. The quantitative estimate of drug-likeness (QED) is 0.742. The molecule has 1 N–H and O–H groups in total. The number of carbonyl (C=O) groups is 1. The van der Waals surface area contributed by atoms with Crippen molar-refractivity contribution in [2.45, 2.75) is 66.8 Å². The summed E-state index contributed by atoms with van der Waals surface area (Å²) in [5.74, 6) is 0.825. The third kappa shape index (κ3) is 2.30. The van der Waals surface area contributed by atoms with E-state index in [-0.39, 0.29) is 11.3 Å². The van der Waals surface area contributed by atoms with Crippen molar-refractivity contribution < 1.29 is 4.79 Å². The van der Waals surface area contributed by atoms with Crippen LogP contribution in [-0.2, 0) is 0 Å². The van der Waals surface area contributed by atoms with Gasteiger partial charge < -0.3 is 5.32 Å². The van der Waals surface area contributed by atoms with E-state index < -0.39 is 0 Å². The average Bonchev–Trinajstić information content (AvgIpc) is 2.82. The Labute approximate surface area is 148 Å². The van der Waals surface area contributed by atoms with Crippen molar-refractivity contribution in [3.8, 4) is 0 Å². The van der Waals surface area contributed by atoms with Gasteiger partial charge in [0.05, 0.1) is 0 Å². The van der Waals surface area contributed by atoms with Gasteiger partial charge in [-0.1, -0.05) is 36.7 Å². The van der Waals surface area contributed by atoms with E-state index in [9.17, 15) is 4.79 Å². The molecule has 0 aromatic heterocycles. The van der Waals surface area contributed by atoms with E-state index in [4.69, 9.17) is 0 Å². The van der Waals surface area contributed by atoms with Crippen molar-refractivity contribution in [3.63, 3.8) is 0 Å². The lowest BCUT2D eigenvalue weighted by molar-refractivity contribution is 0.0825. The van der Waals surface area contributed by atoms with Gasteiger partial charge in [0.25, 0.3) is 5.91 Å². The van der Waals surface area contributed by atoms with Crippen LogP contribution in [0.2, 0.25) is 0 Å². The first-order valence-electron chi connectivity index (χ1n) is 8.66. The summed E-state index contributed by atoms with van der Waals surface area (Å²) in [7, 11) is 0. The van der Waals surface area contributed by atoms with Gasteiger partial charge in [-0.15, -0.1) is 0 Å². The summed E-state index contributed by atoms with van der Waals surface area (Å²) < 4.78 is 1.02. The Morgan fingerprint density at radius 3 is 2.35 bits per heavy atom. The smallest absolute Gasteiger partial charge is 0.251 e. The minimum absolute atomic E-state index is 0.0841. The number of rotatable bonds is 2. The van der Waals surface area contributed by atoms with Gasteiger partial charge in [0.1, 0.15) is 0 Å². The van der Waals surface area contributed by atoms with Crippen molar-refractivity contribution in [2.75, 3.05) is 0 Å². The molecule has 1 aromatic carbocycles. The number of hydrogen-bond donors (Lipinski definition) is 1. The van der Waals surface area contributed by atoms with Crippen LogP contribution in [0.1, 0.15) is 67.1 Å². The summed E-state index contributed by atoms with van der Waals surface area (Å²) in [4.78, 5) is 12.9. The molecular formula is C20H28BrNO. The maximum atomic E-state index is 12.9. The first-order valence-corrected chi connectivity index (χ1v) is 9.46. The van der Waals surface area contributed by atoms with Crippen LogP contribution in [0.5, 0.6) is 0 Å². The predicted molar refractivity (Wildman–Crippen MR) is 98.8 cm³/mol. The fourth-order valence-corrected chi connectivity index (χ4v) is 5.43. The summed E-state index contributed by atoms with van der Waals surface area (Å²) in [6, 6.07) is 2.27. The molecule has 3 heteroatoms. The third-order valence-electron chi connectivity index (χ3n) is 7.50. The molecule has 1 aromatic rings. The molecule has 126 valence electrons. The lowest BCUT2D eigenvalue weighted by atomic mass is 9.69. The largest absolute Gasteiger partial charge is 0.349 e. The monoisotopic (exact) mass is 377 g/mol. The Morgan fingerprint density at radius 1 is 1.17 bits per heavy atom. The van der Waals surface area contributed by atoms with Crippen LogP contribution in [0.4, 0.5) is 0 Å². The minimum atomic E-state index is 0.0841. The molecule has 0 spiro atoms. The average molecular weight is 378 g/mol. The van der Waals surface area contributed by atoms with E-state index >= 15 is 0 Å². The van der Waals surface area contributed by atoms with Gasteiger partial charge in [-0.25, -0.2) is 0 Å². The van der Waals surface area contributed by atoms with Crippen molar-refractivity contribution in [1.82, 2.24) is 5.32 Å². The van der Waals surface area contributed by atoms with Crippen molar-refractivity contribution in [1.29, 1.82) is 0 Å². The highest BCUT2D eigenvalue weighted by molar-refractivity contribution is 9.10. The highest BCUT2D eigenvalue weighted by Crippen LogP contribution is 2.65. The van der Waals surface area contributed by atoms with Gasteiger partial charge in [-0.05, 0) is 79.5 Å². The summed E-state index contributed by atoms with van der Waals surface area (Å²) >= 11 is 3.59. The van der Waals surface area contributed by atoms with Crippen LogP contribution >= 0.6 is 15.9 Å². The topological polar surface area (TPSA) is 29.1 Å². The van der Waals surface area contributed by atoms with Crippen LogP contribution in [-0.4, -0.2) is 11.9 Å². The Bertz CT molecular complexity index is 679. The molecule has 2 fully saturated rings. The Balaban J connectivity index is 1.87. The van der Waals surface area contributed by atoms with Crippen molar-refractivity contribution >= 4 is 21.8 Å². The summed E-state index contributed by atoms with van der Waals surface area (Å²) in [5, 5.41) is 3.38. The molecule has 2 aliphatic carbocycles. The molecule has 0 aliphatic heterocycles. The third-order valence-corrected chi connectivity index (χ3v) is 8.33. The zero-order valence-electron chi connectivity index (χ0n) is 15.1. The van der Waals surface area contributed by atoms with E-state index in [0.717, 1.165) is 27.9 Å². The van der Waals surface area contributed by atoms with Gasteiger partial charge >= 0.3 is 0 Å². The maximum absolute atomic E-state index is 12.9. The number of carbonyl (C=O) groups excluding carboxylic acids is 1. The number of benzene rings is 1. The zero-order valence-corrected chi connectivity index (χ0v) is 16.7. The number of halogens is 1. The van der Waals surface area contributed by atoms with Gasteiger partial charge in [-0.2, -0.15) is 0 Å². The first kappa shape index (κ1) is 17.0. The maximum Gasteiger partial charge on any atom is 0.251 e.